The third kappa shape index (κ3) is 5.30. The van der Waals surface area contributed by atoms with Crippen LogP contribution in [0.3, 0.4) is 0 Å². The van der Waals surface area contributed by atoms with Crippen LogP contribution in [0.5, 0.6) is 5.75 Å². The zero-order valence-electron chi connectivity index (χ0n) is 11.1. The number of hydrogen-bond acceptors (Lipinski definition) is 5. The van der Waals surface area contributed by atoms with Crippen LogP contribution in [0, 0.1) is 0 Å². The van der Waals surface area contributed by atoms with Gasteiger partial charge in [-0.1, -0.05) is 6.07 Å². The van der Waals surface area contributed by atoms with Crippen molar-refractivity contribution in [2.45, 2.75) is 12.5 Å². The third-order valence-corrected chi connectivity index (χ3v) is 4.13. The Morgan fingerprint density at radius 1 is 1.37 bits per heavy atom. The minimum Gasteiger partial charge on any atom is -0.491 e. The minimum atomic E-state index is -0.454. The molecular weight excluding hydrogens is 260 g/mol. The largest absolute Gasteiger partial charge is 0.491 e. The SMILES string of the molecule is Nc1cccc(OCC(O)CN2CCCSCC2)c1. The molecule has 4 nitrogen and oxygen atoms in total. The number of hydrogen-bond donors (Lipinski definition) is 2. The molecule has 1 heterocycles. The minimum absolute atomic E-state index is 0.313. The van der Waals surface area contributed by atoms with Crippen molar-refractivity contribution >= 4 is 17.4 Å². The van der Waals surface area contributed by atoms with Gasteiger partial charge in [-0.25, -0.2) is 0 Å². The van der Waals surface area contributed by atoms with Crippen molar-refractivity contribution in [1.82, 2.24) is 4.90 Å². The predicted octanol–water partition coefficient (Wildman–Crippen LogP) is 1.45. The number of aliphatic hydroxyl groups is 1. The van der Waals surface area contributed by atoms with Crippen LogP contribution in [0.15, 0.2) is 24.3 Å². The molecule has 1 aliphatic rings. The number of nitrogen functional groups attached to an aromatic ring is 1. The molecule has 1 saturated heterocycles. The number of nitrogens with two attached hydrogens (primary N) is 1. The molecule has 1 aromatic carbocycles. The van der Waals surface area contributed by atoms with Gasteiger partial charge in [0.1, 0.15) is 18.5 Å². The second-order valence-corrected chi connectivity index (χ2v) is 6.03. The van der Waals surface area contributed by atoms with E-state index in [9.17, 15) is 5.11 Å². The molecule has 0 amide bonds. The van der Waals surface area contributed by atoms with E-state index in [1.165, 1.54) is 12.2 Å². The number of nitrogens with zero attached hydrogens (tertiary/aromatic N) is 1. The maximum Gasteiger partial charge on any atom is 0.121 e. The first-order valence-corrected chi connectivity index (χ1v) is 7.86. The lowest BCUT2D eigenvalue weighted by atomic mass is 10.3. The summed E-state index contributed by atoms with van der Waals surface area (Å²) in [6, 6.07) is 7.29. The highest BCUT2D eigenvalue weighted by Gasteiger charge is 2.14. The predicted molar refractivity (Wildman–Crippen MR) is 80.7 cm³/mol. The zero-order chi connectivity index (χ0) is 13.5. The van der Waals surface area contributed by atoms with E-state index in [0.717, 1.165) is 18.8 Å². The molecule has 1 unspecified atom stereocenters. The molecule has 0 bridgehead atoms. The van der Waals surface area contributed by atoms with E-state index < -0.39 is 6.10 Å². The summed E-state index contributed by atoms with van der Waals surface area (Å²) in [5, 5.41) is 10.0. The summed E-state index contributed by atoms with van der Waals surface area (Å²) in [4.78, 5) is 2.31. The Morgan fingerprint density at radius 2 is 2.26 bits per heavy atom. The van der Waals surface area contributed by atoms with Gasteiger partial charge in [0.15, 0.2) is 0 Å². The quantitative estimate of drug-likeness (QED) is 0.801. The van der Waals surface area contributed by atoms with Crippen molar-refractivity contribution in [1.29, 1.82) is 0 Å². The monoisotopic (exact) mass is 282 g/mol. The Morgan fingerprint density at radius 3 is 3.11 bits per heavy atom. The average molecular weight is 282 g/mol. The Labute approximate surface area is 118 Å². The van der Waals surface area contributed by atoms with E-state index in [4.69, 9.17) is 10.5 Å². The second-order valence-electron chi connectivity index (χ2n) is 4.80. The lowest BCUT2D eigenvalue weighted by Gasteiger charge is -2.23. The molecule has 0 radical (unpaired) electrons. The smallest absolute Gasteiger partial charge is 0.121 e. The summed E-state index contributed by atoms with van der Waals surface area (Å²) in [5.41, 5.74) is 6.36. The van der Waals surface area contributed by atoms with Crippen molar-refractivity contribution in [2.24, 2.45) is 0 Å². The highest BCUT2D eigenvalue weighted by molar-refractivity contribution is 7.99. The van der Waals surface area contributed by atoms with E-state index in [2.05, 4.69) is 4.90 Å². The molecule has 1 atom stereocenters. The maximum atomic E-state index is 10.0. The van der Waals surface area contributed by atoms with Gasteiger partial charge in [-0.3, -0.25) is 4.90 Å². The van der Waals surface area contributed by atoms with Gasteiger partial charge >= 0.3 is 0 Å². The Balaban J connectivity index is 1.73. The molecule has 1 aromatic rings. The van der Waals surface area contributed by atoms with E-state index >= 15 is 0 Å². The molecule has 106 valence electrons. The standard InChI is InChI=1S/C14H22N2O2S/c15-12-3-1-4-14(9-12)18-11-13(17)10-16-5-2-7-19-8-6-16/h1,3-4,9,13,17H,2,5-8,10-11,15H2. The van der Waals surface area contributed by atoms with Gasteiger partial charge in [0.2, 0.25) is 0 Å². The van der Waals surface area contributed by atoms with Crippen molar-refractivity contribution in [3.05, 3.63) is 24.3 Å². The van der Waals surface area contributed by atoms with Crippen LogP contribution >= 0.6 is 11.8 Å². The van der Waals surface area contributed by atoms with Gasteiger partial charge in [-0.05, 0) is 30.9 Å². The number of β-amino-alcohol motifs (C(OH)–C–C–N with tert-alkyl or cyclic N) is 1. The first kappa shape index (κ1) is 14.5. The number of aliphatic hydroxyl groups excluding tert-OH is 1. The first-order chi connectivity index (χ1) is 9.24. The lowest BCUT2D eigenvalue weighted by Crippen LogP contribution is -2.36. The van der Waals surface area contributed by atoms with Gasteiger partial charge in [0.05, 0.1) is 0 Å². The molecule has 0 saturated carbocycles. The number of thioether (sulfide) groups is 1. The van der Waals surface area contributed by atoms with Crippen molar-refractivity contribution in [3.8, 4) is 5.75 Å². The third-order valence-electron chi connectivity index (χ3n) is 3.08. The Hall–Kier alpha value is -0.910. The van der Waals surface area contributed by atoms with Gasteiger partial charge < -0.3 is 15.6 Å². The van der Waals surface area contributed by atoms with E-state index in [0.29, 0.717) is 24.6 Å². The molecule has 5 heteroatoms. The van der Waals surface area contributed by atoms with Crippen LogP contribution in [-0.4, -0.2) is 53.9 Å². The summed E-state index contributed by atoms with van der Waals surface area (Å²) in [7, 11) is 0. The van der Waals surface area contributed by atoms with Crippen LogP contribution in [0.4, 0.5) is 5.69 Å². The maximum absolute atomic E-state index is 10.0. The molecule has 0 spiro atoms. The molecule has 19 heavy (non-hydrogen) atoms. The van der Waals surface area contributed by atoms with Gasteiger partial charge in [0, 0.05) is 30.6 Å². The fourth-order valence-corrected chi connectivity index (χ4v) is 3.05. The molecule has 0 aromatic heterocycles. The van der Waals surface area contributed by atoms with Crippen molar-refractivity contribution < 1.29 is 9.84 Å². The summed E-state index contributed by atoms with van der Waals surface area (Å²) >= 11 is 1.99. The first-order valence-electron chi connectivity index (χ1n) is 6.70. The molecule has 0 aliphatic carbocycles. The molecule has 3 N–H and O–H groups in total. The van der Waals surface area contributed by atoms with E-state index in [-0.39, 0.29) is 0 Å². The van der Waals surface area contributed by atoms with Crippen LogP contribution in [0.25, 0.3) is 0 Å². The van der Waals surface area contributed by atoms with Crippen LogP contribution in [0.1, 0.15) is 6.42 Å². The van der Waals surface area contributed by atoms with Crippen molar-refractivity contribution in [2.75, 3.05) is 43.5 Å². The molecule has 1 aliphatic heterocycles. The fraction of sp³-hybridized carbons (Fsp3) is 0.571. The van der Waals surface area contributed by atoms with E-state index in [1.54, 1.807) is 6.07 Å². The summed E-state index contributed by atoms with van der Waals surface area (Å²) in [6.45, 7) is 3.12. The highest BCUT2D eigenvalue weighted by Crippen LogP contribution is 2.15. The van der Waals surface area contributed by atoms with E-state index in [1.807, 2.05) is 30.0 Å². The average Bonchev–Trinajstić information content (AvgIpc) is 2.65. The molecule has 2 rings (SSSR count). The van der Waals surface area contributed by atoms with Gasteiger partial charge in [0.25, 0.3) is 0 Å². The second kappa shape index (κ2) is 7.62. The van der Waals surface area contributed by atoms with Crippen LogP contribution in [-0.2, 0) is 0 Å². The normalized spacial score (nSPS) is 18.8. The molecule has 1 fully saturated rings. The van der Waals surface area contributed by atoms with Gasteiger partial charge in [-0.2, -0.15) is 11.8 Å². The Bertz CT molecular complexity index is 381. The zero-order valence-corrected chi connectivity index (χ0v) is 11.9. The van der Waals surface area contributed by atoms with Crippen LogP contribution in [0.2, 0.25) is 0 Å². The topological polar surface area (TPSA) is 58.7 Å². The number of anilines is 1. The van der Waals surface area contributed by atoms with Gasteiger partial charge in [-0.15, -0.1) is 0 Å². The molecular formula is C14H22N2O2S. The van der Waals surface area contributed by atoms with Crippen LogP contribution < -0.4 is 10.5 Å². The summed E-state index contributed by atoms with van der Waals surface area (Å²) in [5.74, 6) is 3.10. The fourth-order valence-electron chi connectivity index (χ4n) is 2.13. The number of rotatable bonds is 5. The summed E-state index contributed by atoms with van der Waals surface area (Å²) < 4.78 is 5.56. The number of benzene rings is 1. The highest BCUT2D eigenvalue weighted by atomic mass is 32.2. The number of ether oxygens (including phenoxy) is 1. The Kier molecular flexibility index (Phi) is 5.82. The van der Waals surface area contributed by atoms with Crippen molar-refractivity contribution in [3.63, 3.8) is 0 Å². The summed E-state index contributed by atoms with van der Waals surface area (Å²) in [6.07, 6.45) is 0.748. The lowest BCUT2D eigenvalue weighted by molar-refractivity contribution is 0.0708.